The predicted octanol–water partition coefficient (Wildman–Crippen LogP) is 5.24. The van der Waals surface area contributed by atoms with Gasteiger partial charge in [-0.1, -0.05) is 44.9 Å². The molecule has 0 aromatic carbocycles. The maximum Gasteiger partial charge on any atom is 0.163 e. The van der Waals surface area contributed by atoms with Crippen molar-refractivity contribution in [2.75, 3.05) is 6.54 Å². The molecule has 4 unspecified atom stereocenters. The van der Waals surface area contributed by atoms with E-state index in [0.717, 1.165) is 36.1 Å². The van der Waals surface area contributed by atoms with Crippen LogP contribution in [0.3, 0.4) is 0 Å². The fraction of sp³-hybridized carbons (Fsp3) is 1.00. The Balaban J connectivity index is 1.17. The van der Waals surface area contributed by atoms with E-state index in [-0.39, 0.29) is 12.6 Å². The molecule has 0 aromatic heterocycles. The van der Waals surface area contributed by atoms with Gasteiger partial charge in [-0.15, -0.1) is 0 Å². The van der Waals surface area contributed by atoms with E-state index in [1.54, 1.807) is 0 Å². The zero-order chi connectivity index (χ0) is 17.1. The molecule has 4 atom stereocenters. The summed E-state index contributed by atoms with van der Waals surface area (Å²) in [5, 5.41) is 3.86. The van der Waals surface area contributed by atoms with Crippen LogP contribution in [0.25, 0.3) is 0 Å². The van der Waals surface area contributed by atoms with Crippen molar-refractivity contribution in [2.45, 2.75) is 109 Å². The van der Waals surface area contributed by atoms with Crippen LogP contribution < -0.4 is 5.32 Å². The second-order valence-corrected chi connectivity index (χ2v) is 9.40. The van der Waals surface area contributed by atoms with Gasteiger partial charge in [-0.2, -0.15) is 0 Å². The predicted molar refractivity (Wildman–Crippen MR) is 101 cm³/mol. The van der Waals surface area contributed by atoms with Crippen LogP contribution >= 0.6 is 0 Å². The molecule has 25 heavy (non-hydrogen) atoms. The number of ether oxygens (including phenoxy) is 2. The van der Waals surface area contributed by atoms with Gasteiger partial charge in [0.15, 0.2) is 12.6 Å². The fourth-order valence-electron chi connectivity index (χ4n) is 6.19. The van der Waals surface area contributed by atoms with Crippen LogP contribution in [0, 0.1) is 23.7 Å². The summed E-state index contributed by atoms with van der Waals surface area (Å²) in [6.45, 7) is 3.28. The van der Waals surface area contributed by atoms with Crippen molar-refractivity contribution in [3.05, 3.63) is 0 Å². The molecule has 2 saturated carbocycles. The van der Waals surface area contributed by atoms with E-state index in [9.17, 15) is 0 Å². The molecule has 144 valence electrons. The van der Waals surface area contributed by atoms with Crippen molar-refractivity contribution in [2.24, 2.45) is 23.7 Å². The summed E-state index contributed by atoms with van der Waals surface area (Å²) in [6, 6.07) is 0.826. The Bertz CT molecular complexity index is 403. The molecule has 2 aliphatic carbocycles. The Kier molecular flexibility index (Phi) is 6.36. The van der Waals surface area contributed by atoms with Gasteiger partial charge in [0, 0.05) is 6.04 Å². The smallest absolute Gasteiger partial charge is 0.163 e. The van der Waals surface area contributed by atoms with E-state index in [2.05, 4.69) is 5.32 Å². The molecule has 4 rings (SSSR count). The second kappa shape index (κ2) is 8.71. The molecule has 2 heterocycles. The number of rotatable bonds is 7. The maximum atomic E-state index is 5.61. The number of hydrogen-bond donors (Lipinski definition) is 1. The maximum absolute atomic E-state index is 5.61. The molecule has 1 N–H and O–H groups in total. The topological polar surface area (TPSA) is 30.5 Å². The first kappa shape index (κ1) is 18.3. The molecule has 2 aliphatic heterocycles. The fourth-order valence-corrected chi connectivity index (χ4v) is 6.19. The van der Waals surface area contributed by atoms with E-state index in [4.69, 9.17) is 9.47 Å². The van der Waals surface area contributed by atoms with Crippen molar-refractivity contribution < 1.29 is 9.47 Å². The highest BCUT2D eigenvalue weighted by Crippen LogP contribution is 2.42. The van der Waals surface area contributed by atoms with Crippen LogP contribution in [-0.4, -0.2) is 25.2 Å². The van der Waals surface area contributed by atoms with Gasteiger partial charge in [0.05, 0.1) is 0 Å². The number of fused-ring (bicyclic) bond motifs is 1. The first-order valence-corrected chi connectivity index (χ1v) is 11.3. The van der Waals surface area contributed by atoms with E-state index >= 15 is 0 Å². The van der Waals surface area contributed by atoms with Gasteiger partial charge < -0.3 is 14.8 Å². The molecular formula is C22H39NO2. The van der Waals surface area contributed by atoms with E-state index in [1.807, 2.05) is 6.92 Å². The standard InChI is InChI=1S/C22H39NO2/c1-16-24-22(25-16)13-11-18-10-12-21-20(14-18)19(15-23-21)9-5-8-17-6-3-2-4-7-17/h16-23H,2-15H2,1H3. The molecule has 4 fully saturated rings. The van der Waals surface area contributed by atoms with Crippen LogP contribution in [0.2, 0.25) is 0 Å². The summed E-state index contributed by atoms with van der Waals surface area (Å²) in [5.41, 5.74) is 0. The van der Waals surface area contributed by atoms with Gasteiger partial charge in [0.2, 0.25) is 0 Å². The highest BCUT2D eigenvalue weighted by Gasteiger charge is 2.40. The number of hydrogen-bond acceptors (Lipinski definition) is 3. The quantitative estimate of drug-likeness (QED) is 0.682. The van der Waals surface area contributed by atoms with E-state index in [0.29, 0.717) is 0 Å². The van der Waals surface area contributed by atoms with Crippen molar-refractivity contribution in [1.82, 2.24) is 5.32 Å². The minimum Gasteiger partial charge on any atom is -0.324 e. The zero-order valence-electron chi connectivity index (χ0n) is 16.3. The van der Waals surface area contributed by atoms with Gasteiger partial charge >= 0.3 is 0 Å². The van der Waals surface area contributed by atoms with Crippen LogP contribution in [0.4, 0.5) is 0 Å². The molecular weight excluding hydrogens is 310 g/mol. The lowest BCUT2D eigenvalue weighted by molar-refractivity contribution is -0.377. The van der Waals surface area contributed by atoms with Crippen molar-refractivity contribution in [1.29, 1.82) is 0 Å². The minimum atomic E-state index is 0.0355. The summed E-state index contributed by atoms with van der Waals surface area (Å²) < 4.78 is 11.2. The van der Waals surface area contributed by atoms with Gasteiger partial charge in [-0.3, -0.25) is 0 Å². The summed E-state index contributed by atoms with van der Waals surface area (Å²) in [7, 11) is 0. The lowest BCUT2D eigenvalue weighted by Gasteiger charge is -2.37. The molecule has 0 aromatic rings. The summed E-state index contributed by atoms with van der Waals surface area (Å²) in [5.74, 6) is 3.87. The molecule has 0 bridgehead atoms. The van der Waals surface area contributed by atoms with Crippen LogP contribution in [-0.2, 0) is 9.47 Å². The minimum absolute atomic E-state index is 0.0355. The van der Waals surface area contributed by atoms with Gasteiger partial charge in [0.25, 0.3) is 0 Å². The van der Waals surface area contributed by atoms with Gasteiger partial charge in [-0.05, 0) is 75.7 Å². The Morgan fingerprint density at radius 2 is 1.68 bits per heavy atom. The molecule has 0 amide bonds. The third-order valence-electron chi connectivity index (χ3n) is 7.67. The Morgan fingerprint density at radius 1 is 0.840 bits per heavy atom. The van der Waals surface area contributed by atoms with Crippen molar-refractivity contribution >= 4 is 0 Å². The van der Waals surface area contributed by atoms with Crippen molar-refractivity contribution in [3.63, 3.8) is 0 Å². The Hall–Kier alpha value is -0.120. The summed E-state index contributed by atoms with van der Waals surface area (Å²) in [4.78, 5) is 0. The third kappa shape index (κ3) is 4.78. The zero-order valence-corrected chi connectivity index (χ0v) is 16.3. The van der Waals surface area contributed by atoms with Crippen LogP contribution in [0.15, 0.2) is 0 Å². The van der Waals surface area contributed by atoms with Gasteiger partial charge in [-0.25, -0.2) is 0 Å². The largest absolute Gasteiger partial charge is 0.324 e. The molecule has 3 heteroatoms. The normalized spacial score (nSPS) is 42.1. The molecule has 0 radical (unpaired) electrons. The SMILES string of the molecule is CC1OC(CCC2CCC3NCC(CCCC4CCCCC4)C3C2)O1. The highest BCUT2D eigenvalue weighted by atomic mass is 16.9. The lowest BCUT2D eigenvalue weighted by Crippen LogP contribution is -2.39. The van der Waals surface area contributed by atoms with Gasteiger partial charge in [0.1, 0.15) is 0 Å². The van der Waals surface area contributed by atoms with E-state index in [1.165, 1.54) is 83.6 Å². The molecule has 4 aliphatic rings. The third-order valence-corrected chi connectivity index (χ3v) is 7.67. The highest BCUT2D eigenvalue weighted by molar-refractivity contribution is 4.95. The summed E-state index contributed by atoms with van der Waals surface area (Å²) >= 11 is 0. The average molecular weight is 350 g/mol. The van der Waals surface area contributed by atoms with Crippen LogP contribution in [0.1, 0.15) is 90.4 Å². The molecule has 3 nitrogen and oxygen atoms in total. The average Bonchev–Trinajstić information content (AvgIpc) is 3.01. The second-order valence-electron chi connectivity index (χ2n) is 9.40. The van der Waals surface area contributed by atoms with Crippen LogP contribution in [0.5, 0.6) is 0 Å². The van der Waals surface area contributed by atoms with Crippen molar-refractivity contribution in [3.8, 4) is 0 Å². The summed E-state index contributed by atoms with van der Waals surface area (Å²) in [6.07, 6.45) is 18.8. The lowest BCUT2D eigenvalue weighted by atomic mass is 9.72. The Labute approximate surface area is 154 Å². The molecule has 2 saturated heterocycles. The first-order chi connectivity index (χ1) is 12.3. The number of nitrogens with one attached hydrogen (secondary N) is 1. The first-order valence-electron chi connectivity index (χ1n) is 11.3. The monoisotopic (exact) mass is 349 g/mol. The molecule has 0 spiro atoms. The Morgan fingerprint density at radius 3 is 2.48 bits per heavy atom. The van der Waals surface area contributed by atoms with E-state index < -0.39 is 0 Å².